The molecule has 0 fully saturated rings. The molecule has 56 valence electrons. The van der Waals surface area contributed by atoms with E-state index >= 15 is 0 Å². The third-order valence-corrected chi connectivity index (χ3v) is 2.03. The Kier molecular flexibility index (Phi) is 2.48. The van der Waals surface area contributed by atoms with E-state index in [0.29, 0.717) is 10.2 Å². The van der Waals surface area contributed by atoms with Gasteiger partial charge in [0.1, 0.15) is 5.82 Å². The molecule has 0 spiro atoms. The molecule has 0 aromatic heterocycles. The van der Waals surface area contributed by atoms with E-state index in [2.05, 4.69) is 20.8 Å². The van der Waals surface area contributed by atoms with Crippen LogP contribution in [0.3, 0.4) is 0 Å². The first kappa shape index (κ1) is 8.51. The molecular weight excluding hydrogens is 232 g/mol. The van der Waals surface area contributed by atoms with E-state index in [-0.39, 0.29) is 5.02 Å². The van der Waals surface area contributed by atoms with Crippen molar-refractivity contribution in [3.05, 3.63) is 38.9 Å². The molecule has 0 saturated carbocycles. The van der Waals surface area contributed by atoms with Crippen LogP contribution in [0.15, 0.2) is 16.6 Å². The van der Waals surface area contributed by atoms with Crippen LogP contribution in [0, 0.1) is 12.4 Å². The van der Waals surface area contributed by atoms with Gasteiger partial charge in [-0.25, -0.2) is 9.24 Å². The Morgan fingerprint density at radius 3 is 2.73 bits per heavy atom. The van der Waals surface area contributed by atoms with Crippen molar-refractivity contribution in [2.45, 2.75) is 0 Å². The van der Waals surface area contributed by atoms with Gasteiger partial charge in [0.2, 0.25) is 5.69 Å². The Morgan fingerprint density at radius 2 is 2.18 bits per heavy atom. The molecule has 0 unspecified atom stereocenters. The van der Waals surface area contributed by atoms with Crippen molar-refractivity contribution in [3.8, 4) is 0 Å². The molecule has 0 bridgehead atoms. The number of hydrogen-bond acceptors (Lipinski definition) is 0. The maximum absolute atomic E-state index is 12.6. The molecule has 0 radical (unpaired) electrons. The molecule has 0 aliphatic carbocycles. The van der Waals surface area contributed by atoms with Crippen LogP contribution in [-0.4, -0.2) is 0 Å². The normalized spacial score (nSPS) is 9.27. The summed E-state index contributed by atoms with van der Waals surface area (Å²) in [6.45, 7) is 6.67. The lowest BCUT2D eigenvalue weighted by molar-refractivity contribution is 0.627. The Morgan fingerprint density at radius 1 is 1.55 bits per heavy atom. The predicted molar refractivity (Wildman–Crippen MR) is 45.4 cm³/mol. The van der Waals surface area contributed by atoms with E-state index in [4.69, 9.17) is 18.2 Å². The summed E-state index contributed by atoms with van der Waals surface area (Å²) in [4.78, 5) is 3.12. The molecule has 0 aliphatic heterocycles. The van der Waals surface area contributed by atoms with Gasteiger partial charge in [0, 0.05) is 4.47 Å². The summed E-state index contributed by atoms with van der Waals surface area (Å²) in [5, 5.41) is -0.0285. The van der Waals surface area contributed by atoms with Crippen LogP contribution in [0.4, 0.5) is 10.1 Å². The Balaban J connectivity index is 3.35. The van der Waals surface area contributed by atoms with Gasteiger partial charge in [-0.05, 0) is 12.1 Å². The maximum Gasteiger partial charge on any atom is 0.202 e. The van der Waals surface area contributed by atoms with Gasteiger partial charge in [0.25, 0.3) is 0 Å². The van der Waals surface area contributed by atoms with E-state index in [1.54, 1.807) is 0 Å². The molecular formula is C7H2BrClFN. The molecule has 4 heteroatoms. The van der Waals surface area contributed by atoms with Crippen molar-refractivity contribution in [1.29, 1.82) is 0 Å². The summed E-state index contributed by atoms with van der Waals surface area (Å²) in [7, 11) is 0. The molecule has 0 saturated heterocycles. The van der Waals surface area contributed by atoms with Crippen LogP contribution >= 0.6 is 27.5 Å². The number of hydrogen-bond donors (Lipinski definition) is 0. The van der Waals surface area contributed by atoms with Gasteiger partial charge in [-0.2, -0.15) is 0 Å². The Bertz CT molecular complexity index is 332. The van der Waals surface area contributed by atoms with Gasteiger partial charge in [0.15, 0.2) is 0 Å². The second-order valence-electron chi connectivity index (χ2n) is 1.83. The van der Waals surface area contributed by atoms with Crippen molar-refractivity contribution < 1.29 is 4.39 Å². The first-order valence-electron chi connectivity index (χ1n) is 2.67. The fourth-order valence-corrected chi connectivity index (χ4v) is 1.16. The fourth-order valence-electron chi connectivity index (χ4n) is 0.598. The van der Waals surface area contributed by atoms with Gasteiger partial charge in [-0.15, -0.1) is 0 Å². The smallest absolute Gasteiger partial charge is 0.202 e. The minimum absolute atomic E-state index is 0.0285. The summed E-state index contributed by atoms with van der Waals surface area (Å²) in [6, 6.07) is 2.46. The quantitative estimate of drug-likeness (QED) is 0.475. The minimum atomic E-state index is -0.522. The highest BCUT2D eigenvalue weighted by Gasteiger charge is 2.05. The molecule has 0 N–H and O–H groups in total. The van der Waals surface area contributed by atoms with Crippen LogP contribution in [0.5, 0.6) is 0 Å². The van der Waals surface area contributed by atoms with Crippen molar-refractivity contribution >= 4 is 33.2 Å². The standard InChI is InChI=1S/C7H2BrClFN/c1-11-7-3-5(9)6(10)2-4(7)8/h2-3H. The van der Waals surface area contributed by atoms with Crippen molar-refractivity contribution in [2.75, 3.05) is 0 Å². The second-order valence-corrected chi connectivity index (χ2v) is 3.09. The third-order valence-electron chi connectivity index (χ3n) is 1.11. The van der Waals surface area contributed by atoms with Crippen molar-refractivity contribution in [2.24, 2.45) is 0 Å². The first-order valence-corrected chi connectivity index (χ1v) is 3.84. The van der Waals surface area contributed by atoms with Crippen LogP contribution in [-0.2, 0) is 0 Å². The molecule has 11 heavy (non-hydrogen) atoms. The molecule has 0 aliphatic rings. The largest absolute Gasteiger partial charge is 0.237 e. The molecule has 0 heterocycles. The minimum Gasteiger partial charge on any atom is -0.237 e. The highest BCUT2D eigenvalue weighted by molar-refractivity contribution is 9.10. The van der Waals surface area contributed by atoms with Crippen LogP contribution < -0.4 is 0 Å². The number of benzene rings is 1. The summed E-state index contributed by atoms with van der Waals surface area (Å²) < 4.78 is 13.1. The maximum atomic E-state index is 12.6. The van der Waals surface area contributed by atoms with E-state index in [1.165, 1.54) is 12.1 Å². The lowest BCUT2D eigenvalue weighted by Crippen LogP contribution is -1.75. The zero-order valence-electron chi connectivity index (χ0n) is 5.24. The molecule has 1 aromatic rings. The lowest BCUT2D eigenvalue weighted by atomic mass is 10.3. The SMILES string of the molecule is [C-]#[N+]c1cc(Cl)c(F)cc1Br. The van der Waals surface area contributed by atoms with Crippen LogP contribution in [0.2, 0.25) is 5.02 Å². The number of rotatable bonds is 0. The van der Waals surface area contributed by atoms with Gasteiger partial charge in [-0.3, -0.25) is 0 Å². The second kappa shape index (κ2) is 3.21. The number of halogens is 3. The van der Waals surface area contributed by atoms with Crippen LogP contribution in [0.25, 0.3) is 4.85 Å². The van der Waals surface area contributed by atoms with Crippen LogP contribution in [0.1, 0.15) is 0 Å². The fraction of sp³-hybridized carbons (Fsp3) is 0. The average molecular weight is 234 g/mol. The zero-order valence-corrected chi connectivity index (χ0v) is 7.58. The van der Waals surface area contributed by atoms with E-state index in [9.17, 15) is 4.39 Å². The molecule has 0 atom stereocenters. The average Bonchev–Trinajstić information content (AvgIpc) is 1.97. The highest BCUT2D eigenvalue weighted by Crippen LogP contribution is 2.30. The van der Waals surface area contributed by atoms with E-state index < -0.39 is 5.82 Å². The third kappa shape index (κ3) is 1.70. The zero-order chi connectivity index (χ0) is 8.43. The van der Waals surface area contributed by atoms with Gasteiger partial charge in [0.05, 0.1) is 11.6 Å². The number of nitrogens with zero attached hydrogens (tertiary/aromatic N) is 1. The molecule has 1 aromatic carbocycles. The van der Waals surface area contributed by atoms with Gasteiger partial charge >= 0.3 is 0 Å². The summed E-state index contributed by atoms with van der Waals surface area (Å²) in [5.74, 6) is -0.522. The summed E-state index contributed by atoms with van der Waals surface area (Å²) in [6.07, 6.45) is 0. The summed E-state index contributed by atoms with van der Waals surface area (Å²) in [5.41, 5.74) is 0.316. The van der Waals surface area contributed by atoms with Crippen molar-refractivity contribution in [1.82, 2.24) is 0 Å². The van der Waals surface area contributed by atoms with Gasteiger partial charge in [-0.1, -0.05) is 27.5 Å². The lowest BCUT2D eigenvalue weighted by Gasteiger charge is -1.96. The molecule has 1 nitrogen and oxygen atoms in total. The Labute approximate surface area is 76.7 Å². The summed E-state index contributed by atoms with van der Waals surface area (Å²) >= 11 is 8.45. The predicted octanol–water partition coefficient (Wildman–Crippen LogP) is 3.79. The highest BCUT2D eigenvalue weighted by atomic mass is 79.9. The molecule has 0 amide bonds. The van der Waals surface area contributed by atoms with Gasteiger partial charge < -0.3 is 0 Å². The van der Waals surface area contributed by atoms with E-state index in [1.807, 2.05) is 0 Å². The van der Waals surface area contributed by atoms with Crippen molar-refractivity contribution in [3.63, 3.8) is 0 Å². The Hall–Kier alpha value is -0.590. The monoisotopic (exact) mass is 233 g/mol. The topological polar surface area (TPSA) is 4.36 Å². The molecule has 1 rings (SSSR count). The first-order chi connectivity index (χ1) is 5.15. The van der Waals surface area contributed by atoms with E-state index in [0.717, 1.165) is 0 Å².